The smallest absolute Gasteiger partial charge is 0.0737 e. The molecule has 0 radical (unpaired) electrons. The Hall–Kier alpha value is -1.36. The minimum Gasteiger partial charge on any atom is -0.382 e. The molecular weight excluding hydrogens is 284 g/mol. The van der Waals surface area contributed by atoms with Crippen LogP contribution in [-0.4, -0.2) is 28.6 Å². The van der Waals surface area contributed by atoms with Crippen molar-refractivity contribution in [2.45, 2.75) is 39.3 Å². The lowest BCUT2D eigenvalue weighted by Crippen LogP contribution is -2.39. The molecule has 0 aliphatic rings. The van der Waals surface area contributed by atoms with Gasteiger partial charge in [-0.2, -0.15) is 0 Å². The third-order valence-electron chi connectivity index (χ3n) is 3.59. The lowest BCUT2D eigenvalue weighted by atomic mass is 10.1. The molecule has 0 bridgehead atoms. The fourth-order valence-electron chi connectivity index (χ4n) is 2.19. The zero-order valence-corrected chi connectivity index (χ0v) is 13.6. The first-order valence-electron chi connectivity index (χ1n) is 7.29. The highest BCUT2D eigenvalue weighted by Crippen LogP contribution is 2.25. The fourth-order valence-corrected chi connectivity index (χ4v) is 2.35. The summed E-state index contributed by atoms with van der Waals surface area (Å²) >= 11 is 6.01. The molecule has 0 spiro atoms. The zero-order valence-electron chi connectivity index (χ0n) is 12.8. The van der Waals surface area contributed by atoms with Crippen molar-refractivity contribution in [3.63, 3.8) is 0 Å². The Morgan fingerprint density at radius 3 is 2.76 bits per heavy atom. The molecule has 4 nitrogen and oxygen atoms in total. The average Bonchev–Trinajstić information content (AvgIpc) is 2.44. The van der Waals surface area contributed by atoms with Crippen LogP contribution in [0.25, 0.3) is 10.9 Å². The van der Waals surface area contributed by atoms with E-state index in [9.17, 15) is 0 Å². The summed E-state index contributed by atoms with van der Waals surface area (Å²) in [5.74, 6) is 5.95. The van der Waals surface area contributed by atoms with Gasteiger partial charge in [-0.25, -0.2) is 5.01 Å². The van der Waals surface area contributed by atoms with Gasteiger partial charge in [-0.15, -0.1) is 0 Å². The number of aromatic nitrogens is 1. The summed E-state index contributed by atoms with van der Waals surface area (Å²) in [6.07, 6.45) is 2.78. The van der Waals surface area contributed by atoms with Gasteiger partial charge in [0, 0.05) is 40.9 Å². The molecule has 0 unspecified atom stereocenters. The standard InChI is InChI=1S/C16H23ClN4/c1-11(2)21(18)9-7-12(3)20-15-6-8-19-16-10-13(17)4-5-14(15)16/h4-6,8,10-12H,7,9,18H2,1-3H3,(H,19,20)/t12-/m0/s1. The fraction of sp³-hybridized carbons (Fsp3) is 0.438. The molecular formula is C16H23ClN4. The highest BCUT2D eigenvalue weighted by Gasteiger charge is 2.09. The monoisotopic (exact) mass is 306 g/mol. The molecule has 1 heterocycles. The summed E-state index contributed by atoms with van der Waals surface area (Å²) < 4.78 is 0. The Bertz CT molecular complexity index is 600. The molecule has 2 rings (SSSR count). The normalized spacial score (nSPS) is 13.1. The Kier molecular flexibility index (Phi) is 5.39. The topological polar surface area (TPSA) is 54.2 Å². The molecule has 0 aliphatic heterocycles. The summed E-state index contributed by atoms with van der Waals surface area (Å²) in [4.78, 5) is 4.35. The average molecular weight is 307 g/mol. The number of pyridine rings is 1. The maximum absolute atomic E-state index is 6.01. The Labute approximate surface area is 131 Å². The molecule has 1 aromatic carbocycles. The second-order valence-corrected chi connectivity index (χ2v) is 6.12. The van der Waals surface area contributed by atoms with E-state index in [2.05, 4.69) is 31.1 Å². The minimum absolute atomic E-state index is 0.330. The first-order chi connectivity index (χ1) is 9.97. The predicted molar refractivity (Wildman–Crippen MR) is 90.5 cm³/mol. The second kappa shape index (κ2) is 7.07. The van der Waals surface area contributed by atoms with Gasteiger partial charge in [0.2, 0.25) is 0 Å². The van der Waals surface area contributed by atoms with E-state index in [4.69, 9.17) is 17.4 Å². The van der Waals surface area contributed by atoms with Crippen molar-refractivity contribution in [2.24, 2.45) is 5.84 Å². The summed E-state index contributed by atoms with van der Waals surface area (Å²) in [5, 5.41) is 7.19. The van der Waals surface area contributed by atoms with Crippen LogP contribution >= 0.6 is 11.6 Å². The minimum atomic E-state index is 0.330. The van der Waals surface area contributed by atoms with E-state index in [0.717, 1.165) is 29.6 Å². The van der Waals surface area contributed by atoms with E-state index in [1.807, 2.05) is 29.3 Å². The number of halogens is 1. The molecule has 0 saturated carbocycles. The van der Waals surface area contributed by atoms with Gasteiger partial charge < -0.3 is 5.32 Å². The van der Waals surface area contributed by atoms with Crippen LogP contribution in [0.15, 0.2) is 30.5 Å². The number of hydrogen-bond donors (Lipinski definition) is 2. The molecule has 3 N–H and O–H groups in total. The first-order valence-corrected chi connectivity index (χ1v) is 7.67. The van der Waals surface area contributed by atoms with Gasteiger partial charge >= 0.3 is 0 Å². The summed E-state index contributed by atoms with van der Waals surface area (Å²) in [5.41, 5.74) is 1.99. The summed E-state index contributed by atoms with van der Waals surface area (Å²) in [7, 11) is 0. The van der Waals surface area contributed by atoms with E-state index >= 15 is 0 Å². The number of nitrogens with zero attached hydrogens (tertiary/aromatic N) is 2. The molecule has 0 amide bonds. The van der Waals surface area contributed by atoms with E-state index in [1.165, 1.54) is 0 Å². The highest BCUT2D eigenvalue weighted by molar-refractivity contribution is 6.31. The van der Waals surface area contributed by atoms with Crippen LogP contribution < -0.4 is 11.2 Å². The maximum atomic E-state index is 6.01. The van der Waals surface area contributed by atoms with Crippen LogP contribution in [0.4, 0.5) is 5.69 Å². The number of rotatable bonds is 6. The lowest BCUT2D eigenvalue weighted by molar-refractivity contribution is 0.222. The number of benzene rings is 1. The molecule has 5 heteroatoms. The van der Waals surface area contributed by atoms with Crippen molar-refractivity contribution < 1.29 is 0 Å². The van der Waals surface area contributed by atoms with Gasteiger partial charge in [0.25, 0.3) is 0 Å². The zero-order chi connectivity index (χ0) is 15.4. The van der Waals surface area contributed by atoms with E-state index < -0.39 is 0 Å². The van der Waals surface area contributed by atoms with Crippen LogP contribution in [-0.2, 0) is 0 Å². The molecule has 114 valence electrons. The molecule has 1 atom stereocenters. The number of fused-ring (bicyclic) bond motifs is 1. The van der Waals surface area contributed by atoms with Gasteiger partial charge in [-0.3, -0.25) is 10.8 Å². The van der Waals surface area contributed by atoms with Crippen molar-refractivity contribution in [1.29, 1.82) is 0 Å². The Morgan fingerprint density at radius 2 is 2.05 bits per heavy atom. The van der Waals surface area contributed by atoms with Gasteiger partial charge in [-0.1, -0.05) is 11.6 Å². The quantitative estimate of drug-likeness (QED) is 0.631. The van der Waals surface area contributed by atoms with Crippen LogP contribution in [0.3, 0.4) is 0 Å². The summed E-state index contributed by atoms with van der Waals surface area (Å²) in [6.45, 7) is 7.22. The predicted octanol–water partition coefficient (Wildman–Crippen LogP) is 3.66. The number of nitrogens with two attached hydrogens (primary N) is 1. The Morgan fingerprint density at radius 1 is 1.29 bits per heavy atom. The lowest BCUT2D eigenvalue weighted by Gasteiger charge is -2.23. The molecule has 1 aromatic heterocycles. The maximum Gasteiger partial charge on any atom is 0.0737 e. The van der Waals surface area contributed by atoms with Gasteiger partial charge in [-0.05, 0) is 51.5 Å². The highest BCUT2D eigenvalue weighted by atomic mass is 35.5. The van der Waals surface area contributed by atoms with Crippen molar-refractivity contribution in [3.05, 3.63) is 35.5 Å². The van der Waals surface area contributed by atoms with Crippen LogP contribution in [0.2, 0.25) is 5.02 Å². The van der Waals surface area contributed by atoms with Crippen LogP contribution in [0.5, 0.6) is 0 Å². The third-order valence-corrected chi connectivity index (χ3v) is 3.83. The molecule has 0 aliphatic carbocycles. The van der Waals surface area contributed by atoms with Crippen molar-refractivity contribution in [3.8, 4) is 0 Å². The van der Waals surface area contributed by atoms with Crippen LogP contribution in [0.1, 0.15) is 27.2 Å². The first kappa shape index (κ1) is 16.0. The van der Waals surface area contributed by atoms with Gasteiger partial charge in [0.15, 0.2) is 0 Å². The van der Waals surface area contributed by atoms with Gasteiger partial charge in [0.05, 0.1) is 5.52 Å². The van der Waals surface area contributed by atoms with E-state index in [-0.39, 0.29) is 0 Å². The second-order valence-electron chi connectivity index (χ2n) is 5.69. The van der Waals surface area contributed by atoms with Crippen molar-refractivity contribution in [2.75, 3.05) is 11.9 Å². The molecule has 2 aromatic rings. The molecule has 21 heavy (non-hydrogen) atoms. The third kappa shape index (κ3) is 4.30. The SMILES string of the molecule is CC(C)N(N)CC[C@H](C)Nc1ccnc2cc(Cl)ccc12. The number of hydrazine groups is 1. The number of anilines is 1. The largest absolute Gasteiger partial charge is 0.382 e. The van der Waals surface area contributed by atoms with E-state index in [0.29, 0.717) is 17.1 Å². The van der Waals surface area contributed by atoms with E-state index in [1.54, 1.807) is 6.20 Å². The van der Waals surface area contributed by atoms with Crippen LogP contribution in [0, 0.1) is 0 Å². The molecule has 0 fully saturated rings. The van der Waals surface area contributed by atoms with Gasteiger partial charge in [0.1, 0.15) is 0 Å². The number of nitrogens with one attached hydrogen (secondary N) is 1. The Balaban J connectivity index is 2.06. The van der Waals surface area contributed by atoms with Crippen molar-refractivity contribution >= 4 is 28.2 Å². The number of hydrogen-bond acceptors (Lipinski definition) is 4. The molecule has 0 saturated heterocycles. The summed E-state index contributed by atoms with van der Waals surface area (Å²) in [6, 6.07) is 8.46. The van der Waals surface area contributed by atoms with Crippen molar-refractivity contribution in [1.82, 2.24) is 9.99 Å².